The number of non-ortho nitro benzene ring substituents is 1. The van der Waals surface area contributed by atoms with Gasteiger partial charge in [-0.05, 0) is 43.2 Å². The Labute approximate surface area is 149 Å². The zero-order valence-electron chi connectivity index (χ0n) is 13.6. The van der Waals surface area contributed by atoms with E-state index in [4.69, 9.17) is 16.3 Å². The van der Waals surface area contributed by atoms with E-state index in [9.17, 15) is 23.3 Å². The third kappa shape index (κ3) is 4.34. The smallest absolute Gasteiger partial charge is 0.343 e. The van der Waals surface area contributed by atoms with E-state index in [-0.39, 0.29) is 16.2 Å². The van der Waals surface area contributed by atoms with Crippen molar-refractivity contribution in [2.75, 3.05) is 6.26 Å². The molecule has 0 aliphatic heterocycles. The minimum atomic E-state index is -3.74. The van der Waals surface area contributed by atoms with Gasteiger partial charge in [0.1, 0.15) is 5.75 Å². The quantitative estimate of drug-likeness (QED) is 0.346. The number of sulfone groups is 1. The summed E-state index contributed by atoms with van der Waals surface area (Å²) in [4.78, 5) is 22.2. The summed E-state index contributed by atoms with van der Waals surface area (Å²) in [5.41, 5.74) is 0.638. The first-order valence-corrected chi connectivity index (χ1v) is 9.24. The van der Waals surface area contributed by atoms with Gasteiger partial charge in [-0.1, -0.05) is 11.6 Å². The van der Waals surface area contributed by atoms with Gasteiger partial charge in [0.05, 0.1) is 15.4 Å². The fourth-order valence-corrected chi connectivity index (χ4v) is 2.94. The number of halogens is 1. The molecule has 0 fully saturated rings. The summed E-state index contributed by atoms with van der Waals surface area (Å²) in [6.45, 7) is 3.48. The fraction of sp³-hybridized carbons (Fsp3) is 0.188. The van der Waals surface area contributed by atoms with Gasteiger partial charge in [-0.15, -0.1) is 0 Å². The van der Waals surface area contributed by atoms with Crippen molar-refractivity contribution in [2.24, 2.45) is 0 Å². The molecule has 25 heavy (non-hydrogen) atoms. The predicted molar refractivity (Wildman–Crippen MR) is 92.1 cm³/mol. The molecule has 2 aromatic carbocycles. The first-order valence-electron chi connectivity index (χ1n) is 6.97. The van der Waals surface area contributed by atoms with E-state index in [1.807, 2.05) is 0 Å². The normalized spacial score (nSPS) is 11.2. The van der Waals surface area contributed by atoms with Crippen LogP contribution in [0.15, 0.2) is 35.2 Å². The molecule has 2 aromatic rings. The molecule has 0 amide bonds. The molecular formula is C16H14ClNO6S. The van der Waals surface area contributed by atoms with Crippen LogP contribution in [0.25, 0.3) is 0 Å². The van der Waals surface area contributed by atoms with Crippen LogP contribution >= 0.6 is 11.6 Å². The molecule has 9 heteroatoms. The molecular weight excluding hydrogens is 370 g/mol. The van der Waals surface area contributed by atoms with Gasteiger partial charge in [0.15, 0.2) is 9.84 Å². The maximum atomic E-state index is 12.3. The van der Waals surface area contributed by atoms with Gasteiger partial charge in [0.2, 0.25) is 0 Å². The molecule has 0 aliphatic rings. The lowest BCUT2D eigenvalue weighted by molar-refractivity contribution is -0.385. The largest absolute Gasteiger partial charge is 0.423 e. The number of benzene rings is 2. The van der Waals surface area contributed by atoms with Crippen LogP contribution in [0.5, 0.6) is 5.75 Å². The summed E-state index contributed by atoms with van der Waals surface area (Å²) in [6.07, 6.45) is 0.896. The predicted octanol–water partition coefficient (Wildman–Crippen LogP) is 3.49. The highest BCUT2D eigenvalue weighted by atomic mass is 35.5. The molecule has 0 heterocycles. The van der Waals surface area contributed by atoms with E-state index < -0.39 is 26.4 Å². The van der Waals surface area contributed by atoms with Crippen LogP contribution < -0.4 is 4.74 Å². The number of nitro benzene ring substituents is 1. The highest BCUT2D eigenvalue weighted by molar-refractivity contribution is 7.90. The first-order chi connectivity index (χ1) is 11.5. The lowest BCUT2D eigenvalue weighted by Gasteiger charge is -2.09. The third-order valence-electron chi connectivity index (χ3n) is 3.39. The van der Waals surface area contributed by atoms with Gasteiger partial charge in [-0.3, -0.25) is 10.1 Å². The third-order valence-corrected chi connectivity index (χ3v) is 5.07. The van der Waals surface area contributed by atoms with Crippen LogP contribution in [0.3, 0.4) is 0 Å². The average molecular weight is 384 g/mol. The van der Waals surface area contributed by atoms with E-state index in [0.717, 1.165) is 24.5 Å². The monoisotopic (exact) mass is 383 g/mol. The van der Waals surface area contributed by atoms with Crippen LogP contribution in [0.1, 0.15) is 21.5 Å². The Balaban J connectivity index is 2.45. The van der Waals surface area contributed by atoms with Crippen LogP contribution in [0.4, 0.5) is 5.69 Å². The summed E-state index contributed by atoms with van der Waals surface area (Å²) in [5, 5.41) is 11.5. The number of ether oxygens (including phenoxy) is 1. The van der Waals surface area contributed by atoms with Crippen LogP contribution in [0, 0.1) is 24.0 Å². The molecule has 0 spiro atoms. The molecule has 0 unspecified atom stereocenters. The number of carbonyl (C=O) groups is 1. The summed E-state index contributed by atoms with van der Waals surface area (Å²) in [7, 11) is -3.74. The Morgan fingerprint density at radius 1 is 1.12 bits per heavy atom. The summed E-state index contributed by atoms with van der Waals surface area (Å²) in [6, 6.07) is 5.99. The van der Waals surface area contributed by atoms with Crippen molar-refractivity contribution in [1.29, 1.82) is 0 Å². The lowest BCUT2D eigenvalue weighted by Crippen LogP contribution is -2.11. The molecule has 7 nitrogen and oxygen atoms in total. The lowest BCUT2D eigenvalue weighted by atomic mass is 10.1. The van der Waals surface area contributed by atoms with E-state index in [1.165, 1.54) is 0 Å². The second-order valence-electron chi connectivity index (χ2n) is 5.51. The molecule has 0 atom stereocenters. The Hall–Kier alpha value is -2.45. The Bertz CT molecular complexity index is 961. The zero-order valence-corrected chi connectivity index (χ0v) is 15.1. The van der Waals surface area contributed by atoms with Gasteiger partial charge in [0.25, 0.3) is 5.69 Å². The number of rotatable bonds is 4. The molecule has 0 radical (unpaired) electrons. The standard InChI is InChI=1S/C16H14ClNO6S/c1-9-4-13(5-10(2)15(9)17)24-16(19)11-6-12(18(20)21)8-14(7-11)25(3,22)23/h4-8H,1-3H3. The topological polar surface area (TPSA) is 104 Å². The fourth-order valence-electron chi connectivity index (χ4n) is 2.15. The van der Waals surface area contributed by atoms with Crippen molar-refractivity contribution in [2.45, 2.75) is 18.7 Å². The molecule has 0 aromatic heterocycles. The van der Waals surface area contributed by atoms with Crippen molar-refractivity contribution >= 4 is 33.1 Å². The number of carbonyl (C=O) groups excluding carboxylic acids is 1. The molecule has 0 saturated heterocycles. The van der Waals surface area contributed by atoms with Crippen molar-refractivity contribution in [3.63, 3.8) is 0 Å². The maximum Gasteiger partial charge on any atom is 0.343 e. The summed E-state index contributed by atoms with van der Waals surface area (Å²) < 4.78 is 28.6. The van der Waals surface area contributed by atoms with Crippen LogP contribution in [-0.2, 0) is 9.84 Å². The number of hydrogen-bond donors (Lipinski definition) is 0. The number of nitro groups is 1. The van der Waals surface area contributed by atoms with Gasteiger partial charge in [-0.25, -0.2) is 13.2 Å². The minimum absolute atomic E-state index is 0.205. The Morgan fingerprint density at radius 3 is 2.16 bits per heavy atom. The molecule has 132 valence electrons. The molecule has 0 saturated carbocycles. The number of esters is 1. The second-order valence-corrected chi connectivity index (χ2v) is 7.90. The highest BCUT2D eigenvalue weighted by Crippen LogP contribution is 2.27. The average Bonchev–Trinajstić information content (AvgIpc) is 2.51. The number of nitrogens with zero attached hydrogens (tertiary/aromatic N) is 1. The zero-order chi connectivity index (χ0) is 18.9. The second kappa shape index (κ2) is 6.81. The molecule has 0 aliphatic carbocycles. The first kappa shape index (κ1) is 18.9. The van der Waals surface area contributed by atoms with Gasteiger partial charge in [-0.2, -0.15) is 0 Å². The molecule has 0 N–H and O–H groups in total. The van der Waals surface area contributed by atoms with E-state index in [2.05, 4.69) is 0 Å². The number of aryl methyl sites for hydroxylation is 2. The van der Waals surface area contributed by atoms with Crippen molar-refractivity contribution < 1.29 is 22.9 Å². The van der Waals surface area contributed by atoms with Crippen molar-refractivity contribution in [1.82, 2.24) is 0 Å². The molecule has 2 rings (SSSR count). The number of hydrogen-bond acceptors (Lipinski definition) is 6. The SMILES string of the molecule is Cc1cc(OC(=O)c2cc([N+](=O)[O-])cc(S(C)(=O)=O)c2)cc(C)c1Cl. The van der Waals surface area contributed by atoms with Crippen LogP contribution in [0.2, 0.25) is 5.02 Å². The van der Waals surface area contributed by atoms with E-state index in [0.29, 0.717) is 16.1 Å². The van der Waals surface area contributed by atoms with Gasteiger partial charge in [0, 0.05) is 23.4 Å². The van der Waals surface area contributed by atoms with E-state index in [1.54, 1.807) is 26.0 Å². The molecule has 0 bridgehead atoms. The van der Waals surface area contributed by atoms with Gasteiger partial charge >= 0.3 is 5.97 Å². The maximum absolute atomic E-state index is 12.3. The Kier molecular flexibility index (Phi) is 5.15. The van der Waals surface area contributed by atoms with Gasteiger partial charge < -0.3 is 4.74 Å². The van der Waals surface area contributed by atoms with Crippen LogP contribution in [-0.4, -0.2) is 25.6 Å². The Morgan fingerprint density at radius 2 is 1.68 bits per heavy atom. The minimum Gasteiger partial charge on any atom is -0.423 e. The van der Waals surface area contributed by atoms with E-state index >= 15 is 0 Å². The van der Waals surface area contributed by atoms with Crippen molar-refractivity contribution in [3.05, 3.63) is 62.2 Å². The summed E-state index contributed by atoms with van der Waals surface area (Å²) in [5.74, 6) is -0.702. The summed E-state index contributed by atoms with van der Waals surface area (Å²) >= 11 is 6.05. The van der Waals surface area contributed by atoms with Crippen molar-refractivity contribution in [3.8, 4) is 5.75 Å². The highest BCUT2D eigenvalue weighted by Gasteiger charge is 2.20.